The van der Waals surface area contributed by atoms with Gasteiger partial charge in [0, 0.05) is 31.0 Å². The third kappa shape index (κ3) is 7.57. The van der Waals surface area contributed by atoms with E-state index in [0.717, 1.165) is 67.6 Å². The van der Waals surface area contributed by atoms with Gasteiger partial charge in [-0.1, -0.05) is 0 Å². The van der Waals surface area contributed by atoms with Crippen molar-refractivity contribution in [2.75, 3.05) is 37.8 Å². The molecule has 0 bridgehead atoms. The quantitative estimate of drug-likeness (QED) is 0.350. The molecule has 2 N–H and O–H groups in total. The van der Waals surface area contributed by atoms with Gasteiger partial charge in [-0.3, -0.25) is 9.71 Å². The average Bonchev–Trinajstić information content (AvgIpc) is 3.84. The lowest BCUT2D eigenvalue weighted by molar-refractivity contribution is -0.114. The fourth-order valence-corrected chi connectivity index (χ4v) is 5.62. The topological polar surface area (TPSA) is 135 Å². The highest BCUT2D eigenvalue weighted by atomic mass is 32.2. The third-order valence-electron chi connectivity index (χ3n) is 7.21. The van der Waals surface area contributed by atoms with Crippen LogP contribution in [0.3, 0.4) is 0 Å². The van der Waals surface area contributed by atoms with E-state index in [4.69, 9.17) is 4.74 Å². The summed E-state index contributed by atoms with van der Waals surface area (Å²) in [5.74, 6) is 1.72. The molecule has 0 amide bonds. The summed E-state index contributed by atoms with van der Waals surface area (Å²) >= 11 is 0. The van der Waals surface area contributed by atoms with E-state index < -0.39 is 16.4 Å². The van der Waals surface area contributed by atoms with E-state index in [1.54, 1.807) is 24.8 Å². The van der Waals surface area contributed by atoms with Crippen LogP contribution in [0.5, 0.6) is 5.88 Å². The van der Waals surface area contributed by atoms with Gasteiger partial charge in [-0.25, -0.2) is 24.1 Å². The van der Waals surface area contributed by atoms with Crippen LogP contribution >= 0.6 is 0 Å². The lowest BCUT2D eigenvalue weighted by atomic mass is 9.71. The lowest BCUT2D eigenvalue weighted by Crippen LogP contribution is -2.40. The molecule has 40 heavy (non-hydrogen) atoms. The summed E-state index contributed by atoms with van der Waals surface area (Å²) < 4.78 is 20.2. The Kier molecular flexibility index (Phi) is 10.1. The Labute approximate surface area is 238 Å². The number of carbonyl (C=O) groups excluding carboxylic acids is 1. The van der Waals surface area contributed by atoms with Crippen LogP contribution in [0, 0.1) is 0 Å². The third-order valence-corrected chi connectivity index (χ3v) is 8.67. The first-order valence-corrected chi connectivity index (χ1v) is 14.8. The number of pyridine rings is 1. The Bertz CT molecular complexity index is 1280. The summed E-state index contributed by atoms with van der Waals surface area (Å²) in [6.45, 7) is 2.49. The molecule has 2 saturated carbocycles. The fourth-order valence-electron chi connectivity index (χ4n) is 4.61. The molecule has 5 rings (SSSR count). The predicted molar refractivity (Wildman–Crippen MR) is 156 cm³/mol. The summed E-state index contributed by atoms with van der Waals surface area (Å²) in [5.41, 5.74) is 1.88. The maximum atomic E-state index is 12.0. The number of anilines is 2. The standard InChI is InChI=1S/C16H24N4O2S.C12H14N4O/c1-20(2)12-5-8-16(11-21,9-6-12)14-7-10-17-15(18-14)19-23(22)13-3-4-13;1-3-17-12-8-14-7-10(16-12)9-4-5-11(13-2)15-6-9/h7,10-13H,3-6,8-9H2,1-2H3,(H,17,18,19);4-8H,3H2,1-2H3,(H,13,15). The lowest BCUT2D eigenvalue weighted by Gasteiger charge is -2.38. The predicted octanol–water partition coefficient (Wildman–Crippen LogP) is 3.63. The van der Waals surface area contributed by atoms with Gasteiger partial charge in [-0.2, -0.15) is 0 Å². The molecule has 3 heterocycles. The molecule has 0 aliphatic heterocycles. The van der Waals surface area contributed by atoms with Crippen molar-refractivity contribution in [3.8, 4) is 17.1 Å². The van der Waals surface area contributed by atoms with Crippen molar-refractivity contribution in [3.63, 3.8) is 0 Å². The van der Waals surface area contributed by atoms with Crippen LogP contribution in [-0.4, -0.2) is 79.4 Å². The summed E-state index contributed by atoms with van der Waals surface area (Å²) in [7, 11) is 4.87. The number of nitrogens with zero attached hydrogens (tertiary/aromatic N) is 6. The van der Waals surface area contributed by atoms with Crippen LogP contribution in [0.15, 0.2) is 43.0 Å². The zero-order valence-corrected chi connectivity index (χ0v) is 24.4. The highest BCUT2D eigenvalue weighted by Gasteiger charge is 2.39. The van der Waals surface area contributed by atoms with E-state index >= 15 is 0 Å². The van der Waals surface area contributed by atoms with E-state index in [1.165, 1.54) is 0 Å². The SMILES string of the molecule is CCOc1cncc(-c2ccc(NC)nc2)n1.CN(C)C1CCC(C=O)(c2ccnc(NS(=O)C3CC3)n2)CC1. The Morgan fingerprint density at radius 3 is 2.45 bits per heavy atom. The van der Waals surface area contributed by atoms with Gasteiger partial charge in [0.05, 0.1) is 41.1 Å². The van der Waals surface area contributed by atoms with Gasteiger partial charge in [0.15, 0.2) is 0 Å². The number of ether oxygens (including phenoxy) is 1. The summed E-state index contributed by atoms with van der Waals surface area (Å²) in [6.07, 6.45) is 13.3. The van der Waals surface area contributed by atoms with E-state index in [9.17, 15) is 9.00 Å². The van der Waals surface area contributed by atoms with Crippen LogP contribution in [0.1, 0.15) is 51.1 Å². The first kappa shape index (κ1) is 29.5. The molecule has 1 unspecified atom stereocenters. The van der Waals surface area contributed by atoms with Gasteiger partial charge in [0.1, 0.15) is 23.1 Å². The Balaban J connectivity index is 0.000000194. The Morgan fingerprint density at radius 2 is 1.85 bits per heavy atom. The minimum Gasteiger partial charge on any atom is -0.477 e. The first-order valence-electron chi connectivity index (χ1n) is 13.6. The maximum absolute atomic E-state index is 12.0. The van der Waals surface area contributed by atoms with E-state index in [0.29, 0.717) is 24.5 Å². The molecule has 0 aromatic carbocycles. The van der Waals surface area contributed by atoms with Gasteiger partial charge in [-0.15, -0.1) is 0 Å². The molecule has 1 atom stereocenters. The van der Waals surface area contributed by atoms with Crippen molar-refractivity contribution in [1.82, 2.24) is 29.8 Å². The number of hydrogen-bond donors (Lipinski definition) is 2. The molecular weight excluding hydrogens is 528 g/mol. The monoisotopic (exact) mass is 566 g/mol. The highest BCUT2D eigenvalue weighted by Crippen LogP contribution is 2.38. The van der Waals surface area contributed by atoms with Crippen molar-refractivity contribution in [2.45, 2.75) is 62.2 Å². The van der Waals surface area contributed by atoms with Crippen LogP contribution in [0.2, 0.25) is 0 Å². The molecule has 0 saturated heterocycles. The number of aldehydes is 1. The Morgan fingerprint density at radius 1 is 1.07 bits per heavy atom. The van der Waals surface area contributed by atoms with E-state index in [2.05, 4.69) is 54.0 Å². The highest BCUT2D eigenvalue weighted by molar-refractivity contribution is 7.87. The van der Waals surface area contributed by atoms with Gasteiger partial charge >= 0.3 is 0 Å². The van der Waals surface area contributed by atoms with Crippen LogP contribution in [0.4, 0.5) is 11.8 Å². The minimum atomic E-state index is -1.12. The van der Waals surface area contributed by atoms with Crippen LogP contribution in [0.25, 0.3) is 11.3 Å². The molecule has 3 aromatic rings. The maximum Gasteiger partial charge on any atom is 0.234 e. The molecule has 11 nitrogen and oxygen atoms in total. The van der Waals surface area contributed by atoms with Crippen LogP contribution in [-0.2, 0) is 21.2 Å². The largest absolute Gasteiger partial charge is 0.477 e. The van der Waals surface area contributed by atoms with Gasteiger partial charge in [0.25, 0.3) is 0 Å². The molecule has 2 fully saturated rings. The number of nitrogens with one attached hydrogen (secondary N) is 2. The smallest absolute Gasteiger partial charge is 0.234 e. The molecule has 214 valence electrons. The average molecular weight is 567 g/mol. The zero-order valence-electron chi connectivity index (χ0n) is 23.5. The van der Waals surface area contributed by atoms with E-state index in [-0.39, 0.29) is 5.25 Å². The van der Waals surface area contributed by atoms with Crippen molar-refractivity contribution in [3.05, 3.63) is 48.7 Å². The molecule has 0 spiro atoms. The molecule has 2 aliphatic rings. The van der Waals surface area contributed by atoms with Gasteiger partial charge < -0.3 is 19.7 Å². The Hall–Kier alpha value is -3.51. The second-order valence-electron chi connectivity index (χ2n) is 10.2. The second-order valence-corrected chi connectivity index (χ2v) is 11.7. The van der Waals surface area contributed by atoms with Gasteiger partial charge in [-0.05, 0) is 77.7 Å². The number of rotatable bonds is 10. The summed E-state index contributed by atoms with van der Waals surface area (Å²) in [5, 5.41) is 3.19. The normalized spacial score (nSPS) is 21.1. The van der Waals surface area contributed by atoms with Crippen molar-refractivity contribution >= 4 is 29.0 Å². The number of aromatic nitrogens is 5. The van der Waals surface area contributed by atoms with E-state index in [1.807, 2.05) is 32.2 Å². The zero-order chi connectivity index (χ0) is 28.5. The summed E-state index contributed by atoms with van der Waals surface area (Å²) in [6, 6.07) is 6.17. The van der Waals surface area contributed by atoms with Crippen molar-refractivity contribution in [1.29, 1.82) is 0 Å². The van der Waals surface area contributed by atoms with Crippen molar-refractivity contribution < 1.29 is 13.7 Å². The molecule has 2 aliphatic carbocycles. The van der Waals surface area contributed by atoms with Crippen molar-refractivity contribution in [2.24, 2.45) is 0 Å². The second kappa shape index (κ2) is 13.7. The van der Waals surface area contributed by atoms with Gasteiger partial charge in [0.2, 0.25) is 11.8 Å². The number of carbonyl (C=O) groups is 1. The molecular formula is C28H38N8O3S. The fraction of sp³-hybridized carbons (Fsp3) is 0.500. The summed E-state index contributed by atoms with van der Waals surface area (Å²) in [4.78, 5) is 35.4. The first-order chi connectivity index (χ1) is 19.4. The molecule has 12 heteroatoms. The van der Waals surface area contributed by atoms with Crippen LogP contribution < -0.4 is 14.8 Å². The molecule has 0 radical (unpaired) electrons. The minimum absolute atomic E-state index is 0.220. The molecule has 3 aromatic heterocycles. The number of hydrogen-bond acceptors (Lipinski definition) is 10.